The molecular formula is C25H23N5O3S. The van der Waals surface area contributed by atoms with Crippen LogP contribution in [-0.2, 0) is 16.4 Å². The van der Waals surface area contributed by atoms with Crippen molar-refractivity contribution in [2.45, 2.75) is 29.5 Å². The van der Waals surface area contributed by atoms with E-state index in [4.69, 9.17) is 4.98 Å². The van der Waals surface area contributed by atoms with Gasteiger partial charge < -0.3 is 15.2 Å². The molecule has 0 saturated carbocycles. The van der Waals surface area contributed by atoms with Crippen LogP contribution >= 0.6 is 0 Å². The first kappa shape index (κ1) is 21.0. The fourth-order valence-corrected chi connectivity index (χ4v) is 6.48. The first-order chi connectivity index (χ1) is 16.5. The molecule has 0 radical (unpaired) electrons. The van der Waals surface area contributed by atoms with Gasteiger partial charge in [0.25, 0.3) is 5.91 Å². The molecule has 0 spiro atoms. The molecule has 0 aliphatic carbocycles. The molecule has 8 nitrogen and oxygen atoms in total. The molecule has 6 rings (SSSR count). The maximum Gasteiger partial charge on any atom is 0.259 e. The smallest absolute Gasteiger partial charge is 0.259 e. The van der Waals surface area contributed by atoms with Crippen LogP contribution in [0, 0.1) is 0 Å². The Labute approximate surface area is 197 Å². The summed E-state index contributed by atoms with van der Waals surface area (Å²) in [7, 11) is -3.38. The number of anilines is 1. The molecule has 2 aliphatic rings. The maximum absolute atomic E-state index is 13.0. The van der Waals surface area contributed by atoms with E-state index in [1.54, 1.807) is 41.6 Å². The predicted molar refractivity (Wildman–Crippen MR) is 129 cm³/mol. The zero-order chi connectivity index (χ0) is 23.3. The standard InChI is InChI=1S/C25H23N5O3S/c31-25-20-6-2-1-4-17(20)15-30(25)22-14-28-24-23(22)29-21(13-27-24)16-7-9-18(10-8-16)34(32,33)19-5-3-11-26-12-19/h1-2,4,6-10,13-14,19,26H,3,5,11-12,15H2,(H,27,28). The third-order valence-electron chi connectivity index (χ3n) is 6.64. The van der Waals surface area contributed by atoms with Crippen LogP contribution in [-0.4, -0.2) is 47.6 Å². The largest absolute Gasteiger partial charge is 0.343 e. The molecule has 1 fully saturated rings. The minimum Gasteiger partial charge on any atom is -0.343 e. The molecule has 1 unspecified atom stereocenters. The Hall–Kier alpha value is -3.56. The number of sulfone groups is 1. The van der Waals surface area contributed by atoms with E-state index in [9.17, 15) is 13.2 Å². The number of piperidine rings is 1. The number of nitrogens with one attached hydrogen (secondary N) is 2. The molecule has 1 saturated heterocycles. The summed E-state index contributed by atoms with van der Waals surface area (Å²) >= 11 is 0. The fourth-order valence-electron chi connectivity index (χ4n) is 4.76. The number of hydrogen-bond acceptors (Lipinski definition) is 6. The van der Waals surface area contributed by atoms with E-state index in [2.05, 4.69) is 15.3 Å². The van der Waals surface area contributed by atoms with E-state index >= 15 is 0 Å². The summed E-state index contributed by atoms with van der Waals surface area (Å²) in [6.07, 6.45) is 4.94. The molecule has 34 heavy (non-hydrogen) atoms. The van der Waals surface area contributed by atoms with Gasteiger partial charge >= 0.3 is 0 Å². The zero-order valence-electron chi connectivity index (χ0n) is 18.4. The highest BCUT2D eigenvalue weighted by atomic mass is 32.2. The zero-order valence-corrected chi connectivity index (χ0v) is 19.2. The van der Waals surface area contributed by atoms with E-state index in [1.165, 1.54) is 0 Å². The van der Waals surface area contributed by atoms with Crippen LogP contribution in [0.15, 0.2) is 65.8 Å². The van der Waals surface area contributed by atoms with Crippen LogP contribution in [0.2, 0.25) is 0 Å². The van der Waals surface area contributed by atoms with Gasteiger partial charge in [-0.1, -0.05) is 30.3 Å². The number of aromatic nitrogens is 3. The molecule has 4 aromatic rings. The van der Waals surface area contributed by atoms with Crippen molar-refractivity contribution in [3.63, 3.8) is 0 Å². The summed E-state index contributed by atoms with van der Waals surface area (Å²) in [6.45, 7) is 1.83. The van der Waals surface area contributed by atoms with Gasteiger partial charge in [0.1, 0.15) is 5.52 Å². The maximum atomic E-state index is 13.0. The normalized spacial score (nSPS) is 18.4. The highest BCUT2D eigenvalue weighted by molar-refractivity contribution is 7.92. The quantitative estimate of drug-likeness (QED) is 0.471. The van der Waals surface area contributed by atoms with Crippen molar-refractivity contribution < 1.29 is 13.2 Å². The molecule has 2 aromatic carbocycles. The molecule has 9 heteroatoms. The number of amides is 1. The van der Waals surface area contributed by atoms with Crippen LogP contribution in [0.25, 0.3) is 22.4 Å². The second-order valence-corrected chi connectivity index (χ2v) is 10.9. The molecule has 2 aliphatic heterocycles. The molecule has 0 bridgehead atoms. The number of H-pyrrole nitrogens is 1. The van der Waals surface area contributed by atoms with Gasteiger partial charge in [0.05, 0.1) is 34.3 Å². The number of fused-ring (bicyclic) bond motifs is 2. The summed E-state index contributed by atoms with van der Waals surface area (Å²) in [5.41, 5.74) is 4.92. The number of benzene rings is 2. The number of aromatic amines is 1. The van der Waals surface area contributed by atoms with Crippen LogP contribution in [0.1, 0.15) is 28.8 Å². The van der Waals surface area contributed by atoms with Gasteiger partial charge in [-0.3, -0.25) is 4.79 Å². The minimum atomic E-state index is -3.38. The fraction of sp³-hybridized carbons (Fsp3) is 0.240. The topological polar surface area (TPSA) is 108 Å². The van der Waals surface area contributed by atoms with Crippen molar-refractivity contribution >= 4 is 32.6 Å². The summed E-state index contributed by atoms with van der Waals surface area (Å²) in [5.74, 6) is -0.0598. The van der Waals surface area contributed by atoms with Crippen molar-refractivity contribution in [3.05, 3.63) is 72.1 Å². The average molecular weight is 474 g/mol. The van der Waals surface area contributed by atoms with Crippen molar-refractivity contribution in [1.29, 1.82) is 0 Å². The number of rotatable bonds is 4. The third-order valence-corrected chi connectivity index (χ3v) is 8.85. The number of carbonyl (C=O) groups excluding carboxylic acids is 1. The molecule has 4 heterocycles. The van der Waals surface area contributed by atoms with E-state index < -0.39 is 15.1 Å². The first-order valence-corrected chi connectivity index (χ1v) is 12.9. The van der Waals surface area contributed by atoms with E-state index in [0.29, 0.717) is 52.5 Å². The van der Waals surface area contributed by atoms with Crippen LogP contribution in [0.3, 0.4) is 0 Å². The lowest BCUT2D eigenvalue weighted by molar-refractivity contribution is 0.0997. The van der Waals surface area contributed by atoms with Gasteiger partial charge in [-0.25, -0.2) is 18.4 Å². The molecule has 1 amide bonds. The van der Waals surface area contributed by atoms with E-state index in [0.717, 1.165) is 24.1 Å². The van der Waals surface area contributed by atoms with Crippen molar-refractivity contribution in [2.24, 2.45) is 0 Å². The van der Waals surface area contributed by atoms with Gasteiger partial charge in [0.2, 0.25) is 0 Å². The van der Waals surface area contributed by atoms with Crippen LogP contribution < -0.4 is 10.2 Å². The molecular weight excluding hydrogens is 450 g/mol. The predicted octanol–water partition coefficient (Wildman–Crippen LogP) is 3.31. The second-order valence-electron chi connectivity index (χ2n) is 8.71. The Morgan fingerprint density at radius 2 is 1.88 bits per heavy atom. The summed E-state index contributed by atoms with van der Waals surface area (Å²) in [5, 5.41) is 2.78. The number of hydrogen-bond donors (Lipinski definition) is 2. The van der Waals surface area contributed by atoms with Crippen molar-refractivity contribution in [3.8, 4) is 11.3 Å². The van der Waals surface area contributed by atoms with Crippen LogP contribution in [0.4, 0.5) is 5.69 Å². The molecule has 1 atom stereocenters. The lowest BCUT2D eigenvalue weighted by Crippen LogP contribution is -2.38. The monoisotopic (exact) mass is 473 g/mol. The Bertz CT molecular complexity index is 1510. The highest BCUT2D eigenvalue weighted by Gasteiger charge is 2.31. The van der Waals surface area contributed by atoms with Gasteiger partial charge in [-0.15, -0.1) is 0 Å². The molecule has 2 aromatic heterocycles. The minimum absolute atomic E-state index is 0.0598. The Morgan fingerprint density at radius 3 is 2.65 bits per heavy atom. The highest BCUT2D eigenvalue weighted by Crippen LogP contribution is 2.33. The summed E-state index contributed by atoms with van der Waals surface area (Å²) < 4.78 is 26.0. The Kier molecular flexibility index (Phi) is 4.96. The Morgan fingerprint density at radius 1 is 1.06 bits per heavy atom. The summed E-state index contributed by atoms with van der Waals surface area (Å²) in [4.78, 5) is 27.4. The van der Waals surface area contributed by atoms with Gasteiger partial charge in [0.15, 0.2) is 15.5 Å². The van der Waals surface area contributed by atoms with Gasteiger partial charge in [-0.2, -0.15) is 0 Å². The number of carbonyl (C=O) groups is 1. The van der Waals surface area contributed by atoms with Crippen molar-refractivity contribution in [2.75, 3.05) is 18.0 Å². The van der Waals surface area contributed by atoms with Crippen molar-refractivity contribution in [1.82, 2.24) is 20.3 Å². The van der Waals surface area contributed by atoms with Gasteiger partial charge in [0, 0.05) is 23.9 Å². The Balaban J connectivity index is 1.32. The average Bonchev–Trinajstić information content (AvgIpc) is 3.45. The molecule has 2 N–H and O–H groups in total. The SMILES string of the molecule is O=C1c2ccccc2CN1c1c[nH]c2ncc(-c3ccc(S(=O)(=O)C4CCCNC4)cc3)nc12. The molecule has 172 valence electrons. The lowest BCUT2D eigenvalue weighted by atomic mass is 10.1. The lowest BCUT2D eigenvalue weighted by Gasteiger charge is -2.22. The number of nitrogens with zero attached hydrogens (tertiary/aromatic N) is 3. The van der Waals surface area contributed by atoms with Crippen LogP contribution in [0.5, 0.6) is 0 Å². The van der Waals surface area contributed by atoms with Gasteiger partial charge in [-0.05, 0) is 43.1 Å². The second kappa shape index (κ2) is 8.03. The van der Waals surface area contributed by atoms with E-state index in [1.807, 2.05) is 24.3 Å². The van der Waals surface area contributed by atoms with E-state index in [-0.39, 0.29) is 5.91 Å². The third kappa shape index (κ3) is 3.39. The first-order valence-electron chi connectivity index (χ1n) is 11.3. The summed E-state index contributed by atoms with van der Waals surface area (Å²) in [6, 6.07) is 14.4.